The lowest BCUT2D eigenvalue weighted by molar-refractivity contribution is 0.407. The summed E-state index contributed by atoms with van der Waals surface area (Å²) < 4.78 is 29.0. The van der Waals surface area contributed by atoms with Gasteiger partial charge in [0, 0.05) is 36.8 Å². The molecule has 0 spiro atoms. The number of aryl methyl sites for hydroxylation is 1. The molecule has 9 heteroatoms. The summed E-state index contributed by atoms with van der Waals surface area (Å²) in [5, 5.41) is 10.5. The standard InChI is InChI=1S/C18H20F2N6O/c1-2-25-10-14(9-22-25)15-6-4-3-5-12(15)11-26-16(23-24-18(26)27)7-13(8-21)17(19)20/h3-6,9-10H,2,7-8,11,21H2,1H3,(H,24,27). The molecule has 0 fully saturated rings. The van der Waals surface area contributed by atoms with Gasteiger partial charge in [-0.15, -0.1) is 0 Å². The third-order valence-corrected chi connectivity index (χ3v) is 4.34. The van der Waals surface area contributed by atoms with Gasteiger partial charge in [0.2, 0.25) is 0 Å². The highest BCUT2D eigenvalue weighted by Crippen LogP contribution is 2.24. The van der Waals surface area contributed by atoms with Crippen molar-refractivity contribution in [2.75, 3.05) is 6.54 Å². The lowest BCUT2D eigenvalue weighted by Gasteiger charge is -2.11. The van der Waals surface area contributed by atoms with E-state index in [1.54, 1.807) is 6.20 Å². The van der Waals surface area contributed by atoms with Gasteiger partial charge >= 0.3 is 5.69 Å². The molecular weight excluding hydrogens is 354 g/mol. The summed E-state index contributed by atoms with van der Waals surface area (Å²) in [4.78, 5) is 12.2. The van der Waals surface area contributed by atoms with Crippen molar-refractivity contribution < 1.29 is 8.78 Å². The second kappa shape index (κ2) is 8.09. The van der Waals surface area contributed by atoms with Crippen LogP contribution in [0.5, 0.6) is 0 Å². The monoisotopic (exact) mass is 374 g/mol. The van der Waals surface area contributed by atoms with Gasteiger partial charge in [-0.05, 0) is 18.1 Å². The van der Waals surface area contributed by atoms with Gasteiger partial charge < -0.3 is 5.73 Å². The van der Waals surface area contributed by atoms with Crippen LogP contribution in [0.1, 0.15) is 18.3 Å². The molecule has 7 nitrogen and oxygen atoms in total. The Balaban J connectivity index is 1.96. The number of hydrogen-bond acceptors (Lipinski definition) is 4. The molecule has 0 bridgehead atoms. The van der Waals surface area contributed by atoms with Gasteiger partial charge in [-0.3, -0.25) is 9.25 Å². The Bertz CT molecular complexity index is 1010. The second-order valence-corrected chi connectivity index (χ2v) is 6.02. The number of benzene rings is 1. The lowest BCUT2D eigenvalue weighted by atomic mass is 10.0. The van der Waals surface area contributed by atoms with Crippen LogP contribution in [-0.4, -0.2) is 31.1 Å². The lowest BCUT2D eigenvalue weighted by Crippen LogP contribution is -2.21. The van der Waals surface area contributed by atoms with Crippen molar-refractivity contribution in [3.05, 3.63) is 70.2 Å². The van der Waals surface area contributed by atoms with E-state index in [0.29, 0.717) is 0 Å². The molecule has 3 aromatic rings. The van der Waals surface area contributed by atoms with E-state index in [1.165, 1.54) is 4.57 Å². The fourth-order valence-corrected chi connectivity index (χ4v) is 2.84. The minimum Gasteiger partial charge on any atom is -0.327 e. The Morgan fingerprint density at radius 3 is 2.74 bits per heavy atom. The first-order chi connectivity index (χ1) is 13.0. The maximum absolute atomic E-state index is 12.9. The number of halogens is 2. The molecule has 142 valence electrons. The van der Waals surface area contributed by atoms with Crippen LogP contribution in [0, 0.1) is 0 Å². The predicted octanol–water partition coefficient (Wildman–Crippen LogP) is 2.15. The van der Waals surface area contributed by atoms with Crippen LogP contribution in [0.4, 0.5) is 8.78 Å². The number of H-pyrrole nitrogens is 1. The van der Waals surface area contributed by atoms with Crippen LogP contribution < -0.4 is 11.4 Å². The molecule has 0 saturated carbocycles. The molecule has 0 unspecified atom stereocenters. The third-order valence-electron chi connectivity index (χ3n) is 4.34. The van der Waals surface area contributed by atoms with Gasteiger partial charge in [0.1, 0.15) is 5.82 Å². The maximum Gasteiger partial charge on any atom is 0.343 e. The van der Waals surface area contributed by atoms with Crippen molar-refractivity contribution in [3.63, 3.8) is 0 Å². The maximum atomic E-state index is 12.9. The van der Waals surface area contributed by atoms with Gasteiger partial charge in [-0.1, -0.05) is 24.3 Å². The normalized spacial score (nSPS) is 11.0. The molecule has 3 rings (SSSR count). The number of nitrogens with one attached hydrogen (secondary N) is 1. The highest BCUT2D eigenvalue weighted by Gasteiger charge is 2.15. The second-order valence-electron chi connectivity index (χ2n) is 6.02. The molecule has 2 aromatic heterocycles. The van der Waals surface area contributed by atoms with E-state index in [9.17, 15) is 13.6 Å². The fraction of sp³-hybridized carbons (Fsp3) is 0.278. The molecule has 0 aliphatic heterocycles. The number of aromatic amines is 1. The molecule has 2 heterocycles. The van der Waals surface area contributed by atoms with Crippen LogP contribution in [0.25, 0.3) is 11.1 Å². The zero-order valence-electron chi connectivity index (χ0n) is 14.8. The molecule has 0 aliphatic rings. The summed E-state index contributed by atoms with van der Waals surface area (Å²) >= 11 is 0. The van der Waals surface area contributed by atoms with E-state index >= 15 is 0 Å². The van der Waals surface area contributed by atoms with Gasteiger partial charge in [-0.2, -0.15) is 19.0 Å². The number of hydrogen-bond donors (Lipinski definition) is 2. The van der Waals surface area contributed by atoms with Crippen molar-refractivity contribution in [1.82, 2.24) is 24.5 Å². The smallest absolute Gasteiger partial charge is 0.327 e. The first-order valence-electron chi connectivity index (χ1n) is 8.51. The topological polar surface area (TPSA) is 94.5 Å². The van der Waals surface area contributed by atoms with Gasteiger partial charge in [0.15, 0.2) is 0 Å². The predicted molar refractivity (Wildman–Crippen MR) is 97.3 cm³/mol. The van der Waals surface area contributed by atoms with Crippen molar-refractivity contribution in [1.29, 1.82) is 0 Å². The summed E-state index contributed by atoms with van der Waals surface area (Å²) in [6, 6.07) is 7.58. The van der Waals surface area contributed by atoms with E-state index in [-0.39, 0.29) is 30.9 Å². The van der Waals surface area contributed by atoms with Crippen molar-refractivity contribution in [2.45, 2.75) is 26.4 Å². The minimum atomic E-state index is -1.84. The molecule has 3 N–H and O–H groups in total. The van der Waals surface area contributed by atoms with Crippen molar-refractivity contribution in [2.24, 2.45) is 5.73 Å². The van der Waals surface area contributed by atoms with E-state index in [4.69, 9.17) is 5.73 Å². The largest absolute Gasteiger partial charge is 0.343 e. The summed E-state index contributed by atoms with van der Waals surface area (Å²) in [5.41, 5.74) is 7.37. The van der Waals surface area contributed by atoms with Crippen molar-refractivity contribution >= 4 is 0 Å². The number of rotatable bonds is 7. The Hall–Kier alpha value is -3.07. The number of aromatic nitrogens is 5. The van der Waals surface area contributed by atoms with Crippen LogP contribution in [0.3, 0.4) is 0 Å². The molecule has 0 amide bonds. The summed E-state index contributed by atoms with van der Waals surface area (Å²) in [6.07, 6.45) is 1.65. The van der Waals surface area contributed by atoms with Crippen LogP contribution in [0.15, 0.2) is 53.1 Å². The average molecular weight is 374 g/mol. The highest BCUT2D eigenvalue weighted by molar-refractivity contribution is 5.66. The first kappa shape index (κ1) is 18.7. The van der Waals surface area contributed by atoms with E-state index in [1.807, 2.05) is 42.1 Å². The summed E-state index contributed by atoms with van der Waals surface area (Å²) in [5.74, 6) is 0.215. The zero-order valence-corrected chi connectivity index (χ0v) is 14.8. The summed E-state index contributed by atoms with van der Waals surface area (Å²) in [6.45, 7) is 2.64. The quantitative estimate of drug-likeness (QED) is 0.663. The molecule has 0 radical (unpaired) electrons. The molecule has 1 aromatic carbocycles. The van der Waals surface area contributed by atoms with E-state index in [0.717, 1.165) is 23.2 Å². The Morgan fingerprint density at radius 2 is 2.07 bits per heavy atom. The first-order valence-corrected chi connectivity index (χ1v) is 8.51. The molecular formula is C18H20F2N6O. The molecule has 0 atom stereocenters. The van der Waals surface area contributed by atoms with Crippen LogP contribution >= 0.6 is 0 Å². The van der Waals surface area contributed by atoms with Crippen molar-refractivity contribution in [3.8, 4) is 11.1 Å². The molecule has 27 heavy (non-hydrogen) atoms. The Kier molecular flexibility index (Phi) is 5.60. The average Bonchev–Trinajstić information content (AvgIpc) is 3.28. The van der Waals surface area contributed by atoms with E-state index in [2.05, 4.69) is 15.3 Å². The Labute approximate surface area is 154 Å². The number of nitrogens with zero attached hydrogens (tertiary/aromatic N) is 4. The van der Waals surface area contributed by atoms with Gasteiger partial charge in [0.25, 0.3) is 6.08 Å². The fourth-order valence-electron chi connectivity index (χ4n) is 2.84. The van der Waals surface area contributed by atoms with E-state index < -0.39 is 11.8 Å². The van der Waals surface area contributed by atoms with Gasteiger partial charge in [0.05, 0.1) is 12.7 Å². The highest BCUT2D eigenvalue weighted by atomic mass is 19.3. The minimum absolute atomic E-state index is 0.187. The van der Waals surface area contributed by atoms with Gasteiger partial charge in [-0.25, -0.2) is 9.89 Å². The Morgan fingerprint density at radius 1 is 1.30 bits per heavy atom. The zero-order chi connectivity index (χ0) is 19.4. The SMILES string of the molecule is CCn1cc(-c2ccccc2Cn2c(CC(CN)=C(F)F)n[nH]c2=O)cn1. The third kappa shape index (κ3) is 4.03. The molecule has 0 aliphatic carbocycles. The van der Waals surface area contributed by atoms with Crippen LogP contribution in [0.2, 0.25) is 0 Å². The number of nitrogens with two attached hydrogens (primary N) is 1. The van der Waals surface area contributed by atoms with Crippen LogP contribution in [-0.2, 0) is 19.5 Å². The molecule has 0 saturated heterocycles. The summed E-state index contributed by atoms with van der Waals surface area (Å²) in [7, 11) is 0.